The summed E-state index contributed by atoms with van der Waals surface area (Å²) in [5.74, 6) is -9.72. The summed E-state index contributed by atoms with van der Waals surface area (Å²) in [7, 11) is 0. The molecule has 113 valence electrons. The summed E-state index contributed by atoms with van der Waals surface area (Å²) in [6, 6.07) is 0. The van der Waals surface area contributed by atoms with Crippen LogP contribution in [-0.4, -0.2) is 23.8 Å². The van der Waals surface area contributed by atoms with Crippen LogP contribution in [0.4, 0.5) is 30.7 Å². The fourth-order valence-electron chi connectivity index (χ4n) is 1.21. The van der Waals surface area contributed by atoms with Crippen molar-refractivity contribution in [2.45, 2.75) is 44.7 Å². The number of thioether (sulfide) groups is 1. The van der Waals surface area contributed by atoms with E-state index in [1.807, 2.05) is 0 Å². The summed E-state index contributed by atoms with van der Waals surface area (Å²) in [6.07, 6.45) is -5.50. The minimum absolute atomic E-state index is 0.0689. The van der Waals surface area contributed by atoms with Gasteiger partial charge >= 0.3 is 18.0 Å². The van der Waals surface area contributed by atoms with Crippen LogP contribution in [0.25, 0.3) is 0 Å². The number of rotatable bonds is 7. The van der Waals surface area contributed by atoms with Crippen LogP contribution >= 0.6 is 11.8 Å². The molecular weight excluding hydrogens is 297 g/mol. The van der Waals surface area contributed by atoms with Crippen molar-refractivity contribution in [1.29, 1.82) is 0 Å². The van der Waals surface area contributed by atoms with E-state index >= 15 is 0 Å². The molecule has 0 saturated heterocycles. The molecule has 0 saturated carbocycles. The second-order valence-electron chi connectivity index (χ2n) is 3.64. The van der Waals surface area contributed by atoms with E-state index in [9.17, 15) is 30.7 Å². The molecule has 0 aromatic heterocycles. The van der Waals surface area contributed by atoms with E-state index in [-0.39, 0.29) is 5.75 Å². The van der Waals surface area contributed by atoms with Crippen molar-refractivity contribution >= 4 is 11.8 Å². The minimum atomic E-state index is -6.28. The van der Waals surface area contributed by atoms with Crippen molar-refractivity contribution < 1.29 is 30.7 Å². The van der Waals surface area contributed by atoms with Crippen LogP contribution < -0.4 is 0 Å². The molecule has 0 fully saturated rings. The molecule has 19 heavy (non-hydrogen) atoms. The fraction of sp³-hybridized carbons (Fsp3) is 0.727. The van der Waals surface area contributed by atoms with E-state index in [1.165, 1.54) is 0 Å². The van der Waals surface area contributed by atoms with Crippen molar-refractivity contribution in [3.63, 3.8) is 0 Å². The van der Waals surface area contributed by atoms with Crippen LogP contribution in [0.5, 0.6) is 0 Å². The Hall–Kier alpha value is -0.400. The van der Waals surface area contributed by atoms with Crippen molar-refractivity contribution in [3.8, 4) is 0 Å². The molecule has 1 radical (unpaired) electrons. The molecule has 0 aromatic rings. The Morgan fingerprint density at radius 3 is 1.89 bits per heavy atom. The largest absolute Gasteiger partial charge is 0.460 e. The molecule has 0 spiro atoms. The van der Waals surface area contributed by atoms with Gasteiger partial charge in [-0.05, 0) is 12.8 Å². The van der Waals surface area contributed by atoms with Gasteiger partial charge in [0, 0.05) is 17.1 Å². The monoisotopic (exact) mass is 311 g/mol. The highest BCUT2D eigenvalue weighted by molar-refractivity contribution is 8.01. The van der Waals surface area contributed by atoms with Crippen molar-refractivity contribution in [3.05, 3.63) is 17.4 Å². The van der Waals surface area contributed by atoms with E-state index in [2.05, 4.69) is 0 Å². The Balaban J connectivity index is 5.12. The maximum atomic E-state index is 13.3. The molecule has 0 rings (SSSR count). The van der Waals surface area contributed by atoms with Gasteiger partial charge in [0.15, 0.2) is 0 Å². The molecule has 0 N–H and O–H groups in total. The second kappa shape index (κ2) is 6.85. The quantitative estimate of drug-likeness (QED) is 0.342. The smallest absolute Gasteiger partial charge is 0.194 e. The van der Waals surface area contributed by atoms with Gasteiger partial charge in [-0.25, -0.2) is 0 Å². The van der Waals surface area contributed by atoms with Gasteiger partial charge in [-0.1, -0.05) is 19.9 Å². The first-order chi connectivity index (χ1) is 8.52. The SMILES string of the molecule is CC[CH]SC/C=C(\CC)C(F)(F)C(F)(F)C(F)(F)F. The Morgan fingerprint density at radius 2 is 1.53 bits per heavy atom. The average molecular weight is 311 g/mol. The van der Waals surface area contributed by atoms with Crippen LogP contribution in [0.3, 0.4) is 0 Å². The molecule has 0 atom stereocenters. The summed E-state index contributed by atoms with van der Waals surface area (Å²) in [5.41, 5.74) is -1.20. The summed E-state index contributed by atoms with van der Waals surface area (Å²) in [5, 5.41) is 0. The molecule has 0 amide bonds. The number of allylic oxidation sites excluding steroid dienone is 1. The van der Waals surface area contributed by atoms with Crippen LogP contribution in [0.2, 0.25) is 0 Å². The highest BCUT2D eigenvalue weighted by Gasteiger charge is 2.73. The molecule has 0 bridgehead atoms. The molecule has 8 heteroatoms. The van der Waals surface area contributed by atoms with E-state index in [0.717, 1.165) is 24.8 Å². The van der Waals surface area contributed by atoms with E-state index < -0.39 is 30.0 Å². The van der Waals surface area contributed by atoms with Crippen molar-refractivity contribution in [2.24, 2.45) is 0 Å². The third-order valence-corrected chi connectivity index (χ3v) is 3.17. The Morgan fingerprint density at radius 1 is 1.00 bits per heavy atom. The zero-order valence-electron chi connectivity index (χ0n) is 10.3. The first-order valence-corrected chi connectivity index (χ1v) is 6.52. The fourth-order valence-corrected chi connectivity index (χ4v) is 1.88. The van der Waals surface area contributed by atoms with Crippen LogP contribution in [0, 0.1) is 5.75 Å². The van der Waals surface area contributed by atoms with Gasteiger partial charge < -0.3 is 0 Å². The van der Waals surface area contributed by atoms with Crippen LogP contribution in [0.15, 0.2) is 11.6 Å². The van der Waals surface area contributed by atoms with Gasteiger partial charge in [0.25, 0.3) is 0 Å². The molecule has 0 aromatic carbocycles. The zero-order valence-corrected chi connectivity index (χ0v) is 11.1. The van der Waals surface area contributed by atoms with E-state index in [4.69, 9.17) is 0 Å². The van der Waals surface area contributed by atoms with E-state index in [0.29, 0.717) is 6.42 Å². The van der Waals surface area contributed by atoms with Crippen molar-refractivity contribution in [2.75, 3.05) is 5.75 Å². The third-order valence-electron chi connectivity index (χ3n) is 2.25. The van der Waals surface area contributed by atoms with Gasteiger partial charge in [-0.15, -0.1) is 0 Å². The maximum absolute atomic E-state index is 13.3. The molecule has 0 nitrogen and oxygen atoms in total. The maximum Gasteiger partial charge on any atom is 0.460 e. The van der Waals surface area contributed by atoms with Gasteiger partial charge in [0.2, 0.25) is 0 Å². The van der Waals surface area contributed by atoms with Crippen molar-refractivity contribution in [1.82, 2.24) is 0 Å². The first-order valence-electron chi connectivity index (χ1n) is 5.47. The third kappa shape index (κ3) is 4.29. The molecular formula is C11H14F7S. The molecule has 0 aliphatic carbocycles. The summed E-state index contributed by atoms with van der Waals surface area (Å²) in [4.78, 5) is 0. The normalized spacial score (nSPS) is 14.9. The Labute approximate surface area is 111 Å². The highest BCUT2D eigenvalue weighted by atomic mass is 32.2. The number of halogens is 7. The van der Waals surface area contributed by atoms with E-state index in [1.54, 1.807) is 12.7 Å². The minimum Gasteiger partial charge on any atom is -0.194 e. The summed E-state index contributed by atoms with van der Waals surface area (Å²) < 4.78 is 88.2. The van der Waals surface area contributed by atoms with Crippen LogP contribution in [-0.2, 0) is 0 Å². The number of hydrogen-bond donors (Lipinski definition) is 0. The lowest BCUT2D eigenvalue weighted by Crippen LogP contribution is -2.52. The zero-order chi connectivity index (χ0) is 15.3. The first kappa shape index (κ1) is 18.6. The van der Waals surface area contributed by atoms with Gasteiger partial charge in [-0.2, -0.15) is 42.5 Å². The molecule has 0 heterocycles. The predicted molar refractivity (Wildman–Crippen MR) is 61.4 cm³/mol. The lowest BCUT2D eigenvalue weighted by molar-refractivity contribution is -0.344. The van der Waals surface area contributed by atoms with Crippen LogP contribution in [0.1, 0.15) is 26.7 Å². The summed E-state index contributed by atoms with van der Waals surface area (Å²) >= 11 is 1.07. The van der Waals surface area contributed by atoms with Gasteiger partial charge in [0.05, 0.1) is 0 Å². The average Bonchev–Trinajstić information content (AvgIpc) is 2.27. The molecule has 0 aliphatic rings. The topological polar surface area (TPSA) is 0 Å². The summed E-state index contributed by atoms with van der Waals surface area (Å²) in [6.45, 7) is 2.89. The Bertz CT molecular complexity index is 307. The predicted octanol–water partition coefficient (Wildman–Crippen LogP) is 5.46. The van der Waals surface area contributed by atoms with Gasteiger partial charge in [0.1, 0.15) is 0 Å². The lowest BCUT2D eigenvalue weighted by Gasteiger charge is -2.29. The standard InChI is InChI=1S/C11H14F7S/c1-3-6-19-7-5-8(4-2)9(12,13)10(14,15)11(16,17)18/h5-6H,3-4,7H2,1-2H3/b8-5+. The highest BCUT2D eigenvalue weighted by Crippen LogP contribution is 2.50. The molecule has 0 unspecified atom stereocenters. The lowest BCUT2D eigenvalue weighted by atomic mass is 9.99. The second-order valence-corrected chi connectivity index (χ2v) is 4.64. The number of hydrogen-bond acceptors (Lipinski definition) is 1. The molecule has 0 aliphatic heterocycles. The van der Waals surface area contributed by atoms with Gasteiger partial charge in [-0.3, -0.25) is 0 Å². The number of alkyl halides is 7. The Kier molecular flexibility index (Phi) is 6.71.